The Morgan fingerprint density at radius 2 is 1.02 bits per heavy atom. The standard InChI is InChI=1S/C39H28N2O6/c40-35-17-13-27(20-33(35)38(42)43)46-25-9-5-22(6-10-25)30-15-16-31-29-4-2-1-3-24(29)19-32(31)37(30)23-7-11-26(12-8-23)47-28-14-18-36(41)34(21-28)39(44)45/h1-18,20-21H,19,40-41H2,(H,42,43)(H,44,45). The third-order valence-electron chi connectivity index (χ3n) is 8.28. The van der Waals surface area contributed by atoms with Gasteiger partial charge in [-0.05, 0) is 112 Å². The summed E-state index contributed by atoms with van der Waals surface area (Å²) < 4.78 is 12.0. The number of carboxylic acids is 2. The average molecular weight is 621 g/mol. The van der Waals surface area contributed by atoms with Crippen molar-refractivity contribution in [3.63, 3.8) is 0 Å². The van der Waals surface area contributed by atoms with Gasteiger partial charge in [-0.15, -0.1) is 0 Å². The lowest BCUT2D eigenvalue weighted by atomic mass is 9.88. The summed E-state index contributed by atoms with van der Waals surface area (Å²) in [6, 6.07) is 37.3. The Balaban J connectivity index is 1.23. The minimum absolute atomic E-state index is 0.0157. The van der Waals surface area contributed by atoms with Gasteiger partial charge in [0.25, 0.3) is 0 Å². The van der Waals surface area contributed by atoms with Gasteiger partial charge in [-0.2, -0.15) is 0 Å². The zero-order valence-electron chi connectivity index (χ0n) is 24.9. The molecule has 0 saturated heterocycles. The molecule has 6 N–H and O–H groups in total. The third kappa shape index (κ3) is 5.60. The smallest absolute Gasteiger partial charge is 0.337 e. The molecule has 0 bridgehead atoms. The highest BCUT2D eigenvalue weighted by molar-refractivity contribution is 5.95. The second-order valence-corrected chi connectivity index (χ2v) is 11.2. The molecule has 0 unspecified atom stereocenters. The van der Waals surface area contributed by atoms with E-state index in [0.29, 0.717) is 23.0 Å². The van der Waals surface area contributed by atoms with Crippen molar-refractivity contribution in [3.8, 4) is 56.4 Å². The van der Waals surface area contributed by atoms with Crippen LogP contribution in [0.2, 0.25) is 0 Å². The summed E-state index contributed by atoms with van der Waals surface area (Å²) in [5, 5.41) is 18.8. The van der Waals surface area contributed by atoms with Gasteiger partial charge >= 0.3 is 11.9 Å². The molecule has 0 amide bonds. The Hall–Kier alpha value is -6.54. The van der Waals surface area contributed by atoms with Crippen LogP contribution in [0.5, 0.6) is 23.0 Å². The van der Waals surface area contributed by atoms with Crippen LogP contribution in [0.1, 0.15) is 31.8 Å². The molecule has 0 fully saturated rings. The molecule has 6 aromatic carbocycles. The first-order chi connectivity index (χ1) is 22.7. The average Bonchev–Trinajstić information content (AvgIpc) is 3.45. The number of anilines is 2. The van der Waals surface area contributed by atoms with E-state index < -0.39 is 11.9 Å². The normalized spacial score (nSPS) is 11.4. The van der Waals surface area contributed by atoms with Crippen LogP contribution >= 0.6 is 0 Å². The van der Waals surface area contributed by atoms with E-state index in [2.05, 4.69) is 36.4 Å². The maximum Gasteiger partial charge on any atom is 0.337 e. The molecule has 8 heteroatoms. The molecule has 0 aliphatic heterocycles. The van der Waals surface area contributed by atoms with E-state index >= 15 is 0 Å². The summed E-state index contributed by atoms with van der Waals surface area (Å²) >= 11 is 0. The van der Waals surface area contributed by atoms with Crippen molar-refractivity contribution in [2.24, 2.45) is 0 Å². The maximum atomic E-state index is 11.5. The van der Waals surface area contributed by atoms with Crippen molar-refractivity contribution in [1.82, 2.24) is 0 Å². The molecule has 0 radical (unpaired) electrons. The van der Waals surface area contributed by atoms with E-state index in [4.69, 9.17) is 20.9 Å². The van der Waals surface area contributed by atoms with Gasteiger partial charge in [0.2, 0.25) is 0 Å². The number of ether oxygens (including phenoxy) is 2. The van der Waals surface area contributed by atoms with E-state index in [0.717, 1.165) is 28.7 Å². The fourth-order valence-electron chi connectivity index (χ4n) is 6.01. The second-order valence-electron chi connectivity index (χ2n) is 11.2. The number of nitrogen functional groups attached to an aromatic ring is 2. The number of fused-ring (bicyclic) bond motifs is 3. The summed E-state index contributed by atoms with van der Waals surface area (Å²) in [6.07, 6.45) is 0.792. The van der Waals surface area contributed by atoms with Gasteiger partial charge in [0.15, 0.2) is 0 Å². The number of carbonyl (C=O) groups is 2. The molecule has 230 valence electrons. The fraction of sp³-hybridized carbons (Fsp3) is 0.0256. The quantitative estimate of drug-likeness (QED) is 0.123. The first-order valence-corrected chi connectivity index (χ1v) is 14.8. The number of benzene rings is 6. The Kier molecular flexibility index (Phi) is 7.30. The topological polar surface area (TPSA) is 145 Å². The fourth-order valence-corrected chi connectivity index (χ4v) is 6.01. The van der Waals surface area contributed by atoms with Gasteiger partial charge in [-0.1, -0.05) is 60.7 Å². The minimum Gasteiger partial charge on any atom is -0.478 e. The van der Waals surface area contributed by atoms with Crippen LogP contribution in [0, 0.1) is 0 Å². The van der Waals surface area contributed by atoms with Crippen LogP contribution in [0.3, 0.4) is 0 Å². The predicted molar refractivity (Wildman–Crippen MR) is 181 cm³/mol. The van der Waals surface area contributed by atoms with E-state index in [9.17, 15) is 19.8 Å². The molecular formula is C39H28N2O6. The monoisotopic (exact) mass is 620 g/mol. The SMILES string of the molecule is Nc1ccc(Oc2ccc(-c3ccc4c(c3-c3ccc(Oc5ccc(N)c(C(=O)O)c5)cc3)Cc3ccccc3-4)cc2)cc1C(=O)O. The van der Waals surface area contributed by atoms with Crippen LogP contribution in [0.15, 0.2) is 121 Å². The van der Waals surface area contributed by atoms with E-state index in [-0.39, 0.29) is 22.5 Å². The highest BCUT2D eigenvalue weighted by Crippen LogP contribution is 2.46. The zero-order valence-corrected chi connectivity index (χ0v) is 24.9. The number of nitrogens with two attached hydrogens (primary N) is 2. The summed E-state index contributed by atoms with van der Waals surface area (Å²) in [5.74, 6) is -0.372. The molecule has 0 spiro atoms. The molecular weight excluding hydrogens is 592 g/mol. The van der Waals surface area contributed by atoms with Crippen LogP contribution < -0.4 is 20.9 Å². The minimum atomic E-state index is -1.12. The lowest BCUT2D eigenvalue weighted by molar-refractivity contribution is 0.0687. The van der Waals surface area contributed by atoms with Crippen molar-refractivity contribution >= 4 is 23.3 Å². The van der Waals surface area contributed by atoms with E-state index in [1.807, 2.05) is 48.5 Å². The van der Waals surface area contributed by atoms with Crippen LogP contribution in [-0.4, -0.2) is 22.2 Å². The van der Waals surface area contributed by atoms with Gasteiger partial charge in [0, 0.05) is 11.4 Å². The summed E-state index contributed by atoms with van der Waals surface area (Å²) in [4.78, 5) is 23.0. The van der Waals surface area contributed by atoms with Crippen molar-refractivity contribution in [1.29, 1.82) is 0 Å². The molecule has 8 nitrogen and oxygen atoms in total. The first-order valence-electron chi connectivity index (χ1n) is 14.8. The van der Waals surface area contributed by atoms with Crippen molar-refractivity contribution < 1.29 is 29.3 Å². The van der Waals surface area contributed by atoms with E-state index in [1.54, 1.807) is 12.1 Å². The van der Waals surface area contributed by atoms with Gasteiger partial charge in [0.05, 0.1) is 11.1 Å². The molecule has 0 atom stereocenters. The lowest BCUT2D eigenvalue weighted by Gasteiger charge is -2.17. The highest BCUT2D eigenvalue weighted by Gasteiger charge is 2.24. The lowest BCUT2D eigenvalue weighted by Crippen LogP contribution is -2.02. The maximum absolute atomic E-state index is 11.5. The zero-order chi connectivity index (χ0) is 32.7. The number of hydrogen-bond acceptors (Lipinski definition) is 6. The first kappa shape index (κ1) is 29.2. The molecule has 0 aromatic heterocycles. The van der Waals surface area contributed by atoms with Gasteiger partial charge in [-0.3, -0.25) is 0 Å². The molecule has 47 heavy (non-hydrogen) atoms. The number of rotatable bonds is 8. The summed E-state index contributed by atoms with van der Waals surface area (Å²) in [6.45, 7) is 0. The number of carboxylic acid groups (broad SMARTS) is 2. The summed E-state index contributed by atoms with van der Waals surface area (Å²) in [7, 11) is 0. The van der Waals surface area contributed by atoms with Gasteiger partial charge < -0.3 is 31.2 Å². The second kappa shape index (κ2) is 11.8. The van der Waals surface area contributed by atoms with Crippen molar-refractivity contribution in [2.75, 3.05) is 11.5 Å². The number of hydrogen-bond donors (Lipinski definition) is 4. The Bertz CT molecular complexity index is 2190. The van der Waals surface area contributed by atoms with Crippen LogP contribution in [0.4, 0.5) is 11.4 Å². The number of aromatic carboxylic acids is 2. The molecule has 7 rings (SSSR count). The molecule has 1 aliphatic rings. The predicted octanol–water partition coefficient (Wildman–Crippen LogP) is 8.74. The van der Waals surface area contributed by atoms with Crippen molar-refractivity contribution in [3.05, 3.63) is 144 Å². The molecule has 0 heterocycles. The highest BCUT2D eigenvalue weighted by atomic mass is 16.5. The molecule has 6 aromatic rings. The Labute approximate surface area is 270 Å². The van der Waals surface area contributed by atoms with Crippen molar-refractivity contribution in [2.45, 2.75) is 6.42 Å². The largest absolute Gasteiger partial charge is 0.478 e. The van der Waals surface area contributed by atoms with Gasteiger partial charge in [-0.25, -0.2) is 9.59 Å². The Morgan fingerprint density at radius 1 is 0.532 bits per heavy atom. The molecule has 0 saturated carbocycles. The van der Waals surface area contributed by atoms with Crippen LogP contribution in [0.25, 0.3) is 33.4 Å². The molecule has 1 aliphatic carbocycles. The Morgan fingerprint density at radius 3 is 1.57 bits per heavy atom. The summed E-state index contributed by atoms with van der Waals surface area (Å²) in [5.41, 5.74) is 21.0. The van der Waals surface area contributed by atoms with Gasteiger partial charge in [0.1, 0.15) is 23.0 Å². The van der Waals surface area contributed by atoms with E-state index in [1.165, 1.54) is 46.5 Å². The van der Waals surface area contributed by atoms with Crippen LogP contribution in [-0.2, 0) is 6.42 Å². The third-order valence-corrected chi connectivity index (χ3v) is 8.28.